The summed E-state index contributed by atoms with van der Waals surface area (Å²) in [5.74, 6) is -0.482. The van der Waals surface area contributed by atoms with Crippen molar-refractivity contribution in [3.8, 4) is 5.69 Å². The standard InChI is InChI=1S/C18H24FN3O2/c1-4-13(5-2)17(23)11-20-18(24)16-10-12(3)22(21-16)15-8-6-14(19)7-9-15/h6-10,13,17,23H,4-5,11H2,1-3H3,(H,20,24). The summed E-state index contributed by atoms with van der Waals surface area (Å²) in [4.78, 5) is 12.2. The number of hydrogen-bond donors (Lipinski definition) is 2. The monoisotopic (exact) mass is 333 g/mol. The predicted molar refractivity (Wildman–Crippen MR) is 90.7 cm³/mol. The van der Waals surface area contributed by atoms with Crippen molar-refractivity contribution in [2.24, 2.45) is 5.92 Å². The summed E-state index contributed by atoms with van der Waals surface area (Å²) in [6.07, 6.45) is 1.17. The van der Waals surface area contributed by atoms with Gasteiger partial charge in [0.25, 0.3) is 5.91 Å². The van der Waals surface area contributed by atoms with E-state index in [0.29, 0.717) is 5.69 Å². The number of aryl methyl sites for hydroxylation is 1. The van der Waals surface area contributed by atoms with Gasteiger partial charge in [0.2, 0.25) is 0 Å². The van der Waals surface area contributed by atoms with Crippen molar-refractivity contribution >= 4 is 5.91 Å². The fourth-order valence-electron chi connectivity index (χ4n) is 2.72. The second-order valence-corrected chi connectivity index (χ2v) is 5.91. The van der Waals surface area contributed by atoms with Crippen molar-refractivity contribution in [1.29, 1.82) is 0 Å². The number of aliphatic hydroxyl groups is 1. The SMILES string of the molecule is CCC(CC)C(O)CNC(=O)c1cc(C)n(-c2ccc(F)cc2)n1. The van der Waals surface area contributed by atoms with Crippen LogP contribution in [0.25, 0.3) is 5.69 Å². The minimum atomic E-state index is -0.566. The molecule has 0 aliphatic heterocycles. The van der Waals surface area contributed by atoms with Gasteiger partial charge in [-0.2, -0.15) is 5.10 Å². The largest absolute Gasteiger partial charge is 0.391 e. The Kier molecular flexibility index (Phi) is 6.09. The molecule has 0 bridgehead atoms. The number of aromatic nitrogens is 2. The van der Waals surface area contributed by atoms with Crippen molar-refractivity contribution in [3.63, 3.8) is 0 Å². The van der Waals surface area contributed by atoms with Gasteiger partial charge in [0.1, 0.15) is 5.82 Å². The molecule has 0 aliphatic rings. The van der Waals surface area contributed by atoms with Crippen molar-refractivity contribution < 1.29 is 14.3 Å². The Bertz CT molecular complexity index is 678. The molecule has 2 rings (SSSR count). The van der Waals surface area contributed by atoms with Crippen molar-refractivity contribution in [1.82, 2.24) is 15.1 Å². The molecule has 0 radical (unpaired) electrons. The zero-order chi connectivity index (χ0) is 17.7. The zero-order valence-corrected chi connectivity index (χ0v) is 14.3. The van der Waals surface area contributed by atoms with Crippen LogP contribution in [0.3, 0.4) is 0 Å². The van der Waals surface area contributed by atoms with Gasteiger partial charge in [0.05, 0.1) is 11.8 Å². The molecule has 0 fully saturated rings. The number of nitrogens with zero attached hydrogens (tertiary/aromatic N) is 2. The first-order valence-corrected chi connectivity index (χ1v) is 8.25. The number of aliphatic hydroxyl groups excluding tert-OH is 1. The number of rotatable bonds is 7. The number of carbonyl (C=O) groups is 1. The van der Waals surface area contributed by atoms with E-state index in [1.807, 2.05) is 20.8 Å². The fraction of sp³-hybridized carbons (Fsp3) is 0.444. The third kappa shape index (κ3) is 4.20. The molecule has 0 saturated heterocycles. The molecule has 24 heavy (non-hydrogen) atoms. The first-order valence-electron chi connectivity index (χ1n) is 8.25. The van der Waals surface area contributed by atoms with Crippen LogP contribution in [-0.4, -0.2) is 33.4 Å². The molecule has 2 aromatic rings. The highest BCUT2D eigenvalue weighted by Crippen LogP contribution is 2.14. The number of nitrogens with one attached hydrogen (secondary N) is 1. The van der Waals surface area contributed by atoms with Crippen LogP contribution in [0.4, 0.5) is 4.39 Å². The van der Waals surface area contributed by atoms with Gasteiger partial charge in [-0.1, -0.05) is 26.7 Å². The second-order valence-electron chi connectivity index (χ2n) is 5.91. The number of hydrogen-bond acceptors (Lipinski definition) is 3. The van der Waals surface area contributed by atoms with Gasteiger partial charge in [0.15, 0.2) is 5.69 Å². The molecular formula is C18H24FN3O2. The fourth-order valence-corrected chi connectivity index (χ4v) is 2.72. The summed E-state index contributed by atoms with van der Waals surface area (Å²) in [6, 6.07) is 7.58. The minimum Gasteiger partial charge on any atom is -0.391 e. The van der Waals surface area contributed by atoms with Gasteiger partial charge in [-0.3, -0.25) is 4.79 Å². The normalized spacial score (nSPS) is 12.4. The summed E-state index contributed by atoms with van der Waals surface area (Å²) in [6.45, 7) is 6.07. The van der Waals surface area contributed by atoms with E-state index in [1.54, 1.807) is 22.9 Å². The van der Waals surface area contributed by atoms with Gasteiger partial charge in [-0.25, -0.2) is 9.07 Å². The Morgan fingerprint density at radius 2 is 1.92 bits per heavy atom. The van der Waals surface area contributed by atoms with Crippen molar-refractivity contribution in [2.75, 3.05) is 6.54 Å². The lowest BCUT2D eigenvalue weighted by atomic mass is 9.96. The molecule has 2 N–H and O–H groups in total. The summed E-state index contributed by atoms with van der Waals surface area (Å²) in [5.41, 5.74) is 1.73. The first-order chi connectivity index (χ1) is 11.5. The molecule has 1 heterocycles. The number of benzene rings is 1. The minimum absolute atomic E-state index is 0.170. The van der Waals surface area contributed by atoms with Crippen LogP contribution in [0.5, 0.6) is 0 Å². The third-order valence-corrected chi connectivity index (χ3v) is 4.26. The summed E-state index contributed by atoms with van der Waals surface area (Å²) < 4.78 is 14.6. The zero-order valence-electron chi connectivity index (χ0n) is 14.3. The Labute approximate surface area is 141 Å². The topological polar surface area (TPSA) is 67.2 Å². The highest BCUT2D eigenvalue weighted by Gasteiger charge is 2.18. The van der Waals surface area contributed by atoms with Crippen LogP contribution in [0.15, 0.2) is 30.3 Å². The smallest absolute Gasteiger partial charge is 0.271 e. The second kappa shape index (κ2) is 8.06. The Hall–Kier alpha value is -2.21. The average Bonchev–Trinajstić information content (AvgIpc) is 2.96. The lowest BCUT2D eigenvalue weighted by Gasteiger charge is -2.19. The van der Waals surface area contributed by atoms with E-state index in [0.717, 1.165) is 18.5 Å². The van der Waals surface area contributed by atoms with Crippen molar-refractivity contribution in [3.05, 3.63) is 47.5 Å². The van der Waals surface area contributed by atoms with Crippen LogP contribution < -0.4 is 5.32 Å². The quantitative estimate of drug-likeness (QED) is 0.819. The van der Waals surface area contributed by atoms with Crippen molar-refractivity contribution in [2.45, 2.75) is 39.7 Å². The lowest BCUT2D eigenvalue weighted by Crippen LogP contribution is -2.36. The van der Waals surface area contributed by atoms with Gasteiger partial charge in [-0.15, -0.1) is 0 Å². The van der Waals surface area contributed by atoms with Crippen LogP contribution in [0, 0.1) is 18.7 Å². The van der Waals surface area contributed by atoms with Crippen LogP contribution in [0.2, 0.25) is 0 Å². The molecule has 0 saturated carbocycles. The highest BCUT2D eigenvalue weighted by molar-refractivity contribution is 5.92. The van der Waals surface area contributed by atoms with E-state index in [-0.39, 0.29) is 29.9 Å². The maximum absolute atomic E-state index is 13.0. The molecule has 1 unspecified atom stereocenters. The molecule has 1 aromatic carbocycles. The molecular weight excluding hydrogens is 309 g/mol. The molecule has 0 aliphatic carbocycles. The van der Waals surface area contributed by atoms with E-state index in [2.05, 4.69) is 10.4 Å². The van der Waals surface area contributed by atoms with E-state index in [4.69, 9.17) is 0 Å². The number of amides is 1. The van der Waals surface area contributed by atoms with E-state index in [9.17, 15) is 14.3 Å². The Morgan fingerprint density at radius 3 is 2.50 bits per heavy atom. The first kappa shape index (κ1) is 18.1. The maximum Gasteiger partial charge on any atom is 0.271 e. The summed E-state index contributed by atoms with van der Waals surface area (Å²) >= 11 is 0. The summed E-state index contributed by atoms with van der Waals surface area (Å²) in [7, 11) is 0. The molecule has 1 aromatic heterocycles. The highest BCUT2D eigenvalue weighted by atomic mass is 19.1. The van der Waals surface area contributed by atoms with E-state index < -0.39 is 6.10 Å². The van der Waals surface area contributed by atoms with Gasteiger partial charge in [0, 0.05) is 12.2 Å². The molecule has 5 nitrogen and oxygen atoms in total. The number of halogens is 1. The molecule has 130 valence electrons. The molecule has 1 amide bonds. The Morgan fingerprint density at radius 1 is 1.29 bits per heavy atom. The lowest BCUT2D eigenvalue weighted by molar-refractivity contribution is 0.0812. The molecule has 0 spiro atoms. The molecule has 6 heteroatoms. The average molecular weight is 333 g/mol. The predicted octanol–water partition coefficient (Wildman–Crippen LogP) is 2.85. The maximum atomic E-state index is 13.0. The van der Waals surface area contributed by atoms with E-state index in [1.165, 1.54) is 12.1 Å². The van der Waals surface area contributed by atoms with Crippen LogP contribution >= 0.6 is 0 Å². The van der Waals surface area contributed by atoms with Crippen LogP contribution in [-0.2, 0) is 0 Å². The third-order valence-electron chi connectivity index (χ3n) is 4.26. The summed E-state index contributed by atoms with van der Waals surface area (Å²) in [5, 5.41) is 17.1. The van der Waals surface area contributed by atoms with Gasteiger partial charge >= 0.3 is 0 Å². The van der Waals surface area contributed by atoms with E-state index >= 15 is 0 Å². The van der Waals surface area contributed by atoms with Gasteiger partial charge in [-0.05, 0) is 43.2 Å². The van der Waals surface area contributed by atoms with Gasteiger partial charge < -0.3 is 10.4 Å². The number of carbonyl (C=O) groups excluding carboxylic acids is 1. The molecule has 1 atom stereocenters. The Balaban J connectivity index is 2.06. The van der Waals surface area contributed by atoms with Crippen LogP contribution in [0.1, 0.15) is 42.9 Å².